The van der Waals surface area contributed by atoms with E-state index in [9.17, 15) is 18.0 Å². The Bertz CT molecular complexity index is 1220. The summed E-state index contributed by atoms with van der Waals surface area (Å²) in [6.45, 7) is 5.19. The van der Waals surface area contributed by atoms with Crippen LogP contribution in [0, 0.1) is 12.8 Å². The van der Waals surface area contributed by atoms with Crippen molar-refractivity contribution in [2.45, 2.75) is 44.7 Å². The molecule has 198 valence electrons. The highest BCUT2D eigenvalue weighted by molar-refractivity contribution is 5.92. The molecule has 2 N–H and O–H groups in total. The molecule has 0 spiro atoms. The Morgan fingerprint density at radius 1 is 1.27 bits per heavy atom. The van der Waals surface area contributed by atoms with Gasteiger partial charge in [0.25, 0.3) is 0 Å². The van der Waals surface area contributed by atoms with E-state index in [0.717, 1.165) is 49.5 Å². The van der Waals surface area contributed by atoms with Gasteiger partial charge in [-0.15, -0.1) is 0 Å². The van der Waals surface area contributed by atoms with Crippen molar-refractivity contribution < 1.29 is 27.4 Å². The summed E-state index contributed by atoms with van der Waals surface area (Å²) in [6.07, 6.45) is -1.52. The Balaban J connectivity index is 1.22. The number of hydrogen-bond donors (Lipinski definition) is 2. The van der Waals surface area contributed by atoms with E-state index >= 15 is 0 Å². The third-order valence-corrected chi connectivity index (χ3v) is 7.10. The standard InChI is InChI=1S/C26H30F3N5O3/c1-16-2-3-17(10-30-16)14-37-24-13-34(20-6-7-36-15-20)12-18(24)8-21(35)11-31-25-22-9-19(26(27,28)29)4-5-23(22)32-33-25/h2-5,9-10,18,20,24H,6-8,11-15H2,1H3,(H2,31,32,33)/t18?,20?,24-/m0/s1. The van der Waals surface area contributed by atoms with Crippen molar-refractivity contribution in [2.75, 3.05) is 38.2 Å². The van der Waals surface area contributed by atoms with Crippen molar-refractivity contribution >= 4 is 22.5 Å². The number of carbonyl (C=O) groups excluding carboxylic acids is 1. The summed E-state index contributed by atoms with van der Waals surface area (Å²) in [5.74, 6) is 0.176. The molecule has 8 nitrogen and oxygen atoms in total. The number of aryl methyl sites for hydroxylation is 1. The number of likely N-dealkylation sites (tertiary alicyclic amines) is 1. The van der Waals surface area contributed by atoms with Crippen LogP contribution in [0.15, 0.2) is 36.5 Å². The summed E-state index contributed by atoms with van der Waals surface area (Å²) in [7, 11) is 0. The number of carbonyl (C=O) groups is 1. The van der Waals surface area contributed by atoms with Gasteiger partial charge in [-0.1, -0.05) is 6.07 Å². The molecular formula is C26H30F3N5O3. The smallest absolute Gasteiger partial charge is 0.380 e. The summed E-state index contributed by atoms with van der Waals surface area (Å²) >= 11 is 0. The number of alkyl halides is 3. The molecule has 0 bridgehead atoms. The van der Waals surface area contributed by atoms with E-state index in [1.54, 1.807) is 6.20 Å². The van der Waals surface area contributed by atoms with Crippen LogP contribution in [0.1, 0.15) is 29.7 Å². The average Bonchev–Trinajstić information content (AvgIpc) is 3.62. The highest BCUT2D eigenvalue weighted by atomic mass is 19.4. The zero-order chi connectivity index (χ0) is 26.0. The van der Waals surface area contributed by atoms with Gasteiger partial charge >= 0.3 is 6.18 Å². The van der Waals surface area contributed by atoms with Crippen LogP contribution < -0.4 is 5.32 Å². The molecule has 2 aliphatic heterocycles. The molecule has 0 amide bonds. The molecule has 3 aromatic rings. The zero-order valence-electron chi connectivity index (χ0n) is 20.6. The predicted molar refractivity (Wildman–Crippen MR) is 131 cm³/mol. The van der Waals surface area contributed by atoms with E-state index in [1.165, 1.54) is 6.07 Å². The second-order valence-electron chi connectivity index (χ2n) is 9.82. The lowest BCUT2D eigenvalue weighted by Gasteiger charge is -2.22. The number of rotatable bonds is 9. The number of pyridine rings is 1. The van der Waals surface area contributed by atoms with E-state index in [1.807, 2.05) is 19.1 Å². The van der Waals surface area contributed by atoms with E-state index in [-0.39, 0.29) is 30.2 Å². The number of ketones is 1. The highest BCUT2D eigenvalue weighted by Crippen LogP contribution is 2.33. The first-order valence-electron chi connectivity index (χ1n) is 12.4. The van der Waals surface area contributed by atoms with Crippen molar-refractivity contribution in [3.05, 3.63) is 53.3 Å². The fourth-order valence-corrected chi connectivity index (χ4v) is 5.03. The lowest BCUT2D eigenvalue weighted by Crippen LogP contribution is -2.34. The van der Waals surface area contributed by atoms with Crippen LogP contribution in [0.5, 0.6) is 0 Å². The summed E-state index contributed by atoms with van der Waals surface area (Å²) < 4.78 is 51.2. The number of anilines is 1. The summed E-state index contributed by atoms with van der Waals surface area (Å²) in [5.41, 5.74) is 1.62. The highest BCUT2D eigenvalue weighted by Gasteiger charge is 2.39. The molecule has 0 radical (unpaired) electrons. The third kappa shape index (κ3) is 6.11. The molecular weight excluding hydrogens is 487 g/mol. The number of benzene rings is 1. The Labute approximate surface area is 212 Å². The number of ether oxygens (including phenoxy) is 2. The normalized spacial score (nSPS) is 22.6. The molecule has 2 unspecified atom stereocenters. The maximum atomic E-state index is 13.1. The van der Waals surface area contributed by atoms with Crippen LogP contribution in [0.4, 0.5) is 19.0 Å². The molecule has 4 heterocycles. The van der Waals surface area contributed by atoms with Crippen LogP contribution in [0.2, 0.25) is 0 Å². The van der Waals surface area contributed by atoms with Gasteiger partial charge in [-0.3, -0.25) is 19.8 Å². The van der Waals surface area contributed by atoms with Crippen LogP contribution in [0.25, 0.3) is 10.9 Å². The second-order valence-corrected chi connectivity index (χ2v) is 9.82. The quantitative estimate of drug-likeness (QED) is 0.444. The average molecular weight is 518 g/mol. The van der Waals surface area contributed by atoms with Gasteiger partial charge in [0.15, 0.2) is 11.6 Å². The number of aromatic amines is 1. The lowest BCUT2D eigenvalue weighted by molar-refractivity contribution is -0.137. The number of nitrogens with zero attached hydrogens (tertiary/aromatic N) is 3. The van der Waals surface area contributed by atoms with Crippen molar-refractivity contribution in [3.63, 3.8) is 0 Å². The van der Waals surface area contributed by atoms with Gasteiger partial charge in [0.05, 0.1) is 36.9 Å². The molecule has 11 heteroatoms. The first kappa shape index (κ1) is 25.6. The number of Topliss-reactive ketones (excluding diaryl/α,β-unsaturated/α-hetero) is 1. The van der Waals surface area contributed by atoms with Crippen molar-refractivity contribution in [2.24, 2.45) is 5.92 Å². The monoisotopic (exact) mass is 517 g/mol. The molecule has 1 aromatic carbocycles. The molecule has 2 aromatic heterocycles. The topological polar surface area (TPSA) is 92.4 Å². The number of aromatic nitrogens is 3. The van der Waals surface area contributed by atoms with Gasteiger partial charge in [0, 0.05) is 55.4 Å². The predicted octanol–water partition coefficient (Wildman–Crippen LogP) is 3.96. The van der Waals surface area contributed by atoms with Gasteiger partial charge in [-0.05, 0) is 43.2 Å². The second kappa shape index (κ2) is 10.8. The first-order chi connectivity index (χ1) is 17.8. The molecule has 37 heavy (non-hydrogen) atoms. The lowest BCUT2D eigenvalue weighted by atomic mass is 9.99. The summed E-state index contributed by atoms with van der Waals surface area (Å²) in [6, 6.07) is 7.63. The van der Waals surface area contributed by atoms with Crippen LogP contribution in [0.3, 0.4) is 0 Å². The molecule has 0 saturated carbocycles. The first-order valence-corrected chi connectivity index (χ1v) is 12.4. The summed E-state index contributed by atoms with van der Waals surface area (Å²) in [4.78, 5) is 19.6. The number of H-pyrrole nitrogens is 1. The zero-order valence-corrected chi connectivity index (χ0v) is 20.6. The number of hydrogen-bond acceptors (Lipinski definition) is 7. The minimum atomic E-state index is -4.46. The van der Waals surface area contributed by atoms with Crippen molar-refractivity contribution in [3.8, 4) is 0 Å². The maximum absolute atomic E-state index is 13.1. The van der Waals surface area contributed by atoms with Crippen molar-refractivity contribution in [1.29, 1.82) is 0 Å². The number of fused-ring (bicyclic) bond motifs is 1. The minimum Gasteiger partial charge on any atom is -0.380 e. The largest absolute Gasteiger partial charge is 0.416 e. The maximum Gasteiger partial charge on any atom is 0.416 e. The fourth-order valence-electron chi connectivity index (χ4n) is 5.03. The fraction of sp³-hybridized carbons (Fsp3) is 0.500. The van der Waals surface area contributed by atoms with Crippen LogP contribution in [-0.4, -0.2) is 70.9 Å². The Hall–Kier alpha value is -3.02. The molecule has 5 rings (SSSR count). The van der Waals surface area contributed by atoms with Gasteiger partial charge < -0.3 is 14.8 Å². The van der Waals surface area contributed by atoms with Crippen LogP contribution in [-0.2, 0) is 27.1 Å². The Kier molecular flexibility index (Phi) is 7.45. The molecule has 2 saturated heterocycles. The summed E-state index contributed by atoms with van der Waals surface area (Å²) in [5, 5.41) is 9.99. The van der Waals surface area contributed by atoms with Gasteiger partial charge in [0.2, 0.25) is 0 Å². The number of halogens is 3. The Morgan fingerprint density at radius 2 is 2.14 bits per heavy atom. The van der Waals surface area contributed by atoms with E-state index in [2.05, 4.69) is 25.4 Å². The SMILES string of the molecule is Cc1ccc(CO[C@H]2CN(C3CCOC3)CC2CC(=O)CNc2n[nH]c3ccc(C(F)(F)F)cc23)cn1. The third-order valence-electron chi connectivity index (χ3n) is 7.10. The van der Waals surface area contributed by atoms with Crippen molar-refractivity contribution in [1.82, 2.24) is 20.1 Å². The van der Waals surface area contributed by atoms with E-state index in [4.69, 9.17) is 9.47 Å². The van der Waals surface area contributed by atoms with E-state index in [0.29, 0.717) is 36.6 Å². The van der Waals surface area contributed by atoms with Gasteiger partial charge in [0.1, 0.15) is 0 Å². The molecule has 0 aliphatic carbocycles. The Morgan fingerprint density at radius 3 is 2.86 bits per heavy atom. The molecule has 2 aliphatic rings. The van der Waals surface area contributed by atoms with Crippen LogP contribution >= 0.6 is 0 Å². The number of nitrogens with one attached hydrogen (secondary N) is 2. The molecule has 3 atom stereocenters. The minimum absolute atomic E-state index is 0.000989. The van der Waals surface area contributed by atoms with Gasteiger partial charge in [-0.25, -0.2) is 0 Å². The van der Waals surface area contributed by atoms with E-state index < -0.39 is 11.7 Å². The molecule has 2 fully saturated rings. The van der Waals surface area contributed by atoms with Gasteiger partial charge in [-0.2, -0.15) is 18.3 Å².